The van der Waals surface area contributed by atoms with Crippen LogP contribution >= 0.6 is 0 Å². The van der Waals surface area contributed by atoms with Gasteiger partial charge >= 0.3 is 5.97 Å². The van der Waals surface area contributed by atoms with Crippen LogP contribution in [0.3, 0.4) is 0 Å². The summed E-state index contributed by atoms with van der Waals surface area (Å²) in [5.74, 6) is 0.594. The van der Waals surface area contributed by atoms with Gasteiger partial charge in [0.2, 0.25) is 0 Å². The molecular formula is C14H20O3. The van der Waals surface area contributed by atoms with Crippen molar-refractivity contribution in [1.82, 2.24) is 0 Å². The molecule has 0 aromatic heterocycles. The first-order chi connectivity index (χ1) is 8.22. The Balaban J connectivity index is 0.00000121. The Morgan fingerprint density at radius 1 is 1.29 bits per heavy atom. The second kappa shape index (κ2) is 9.46. The summed E-state index contributed by atoms with van der Waals surface area (Å²) >= 11 is 0. The normalized spacial score (nSPS) is 10.7. The van der Waals surface area contributed by atoms with Crippen LogP contribution in [0, 0.1) is 0 Å². The topological polar surface area (TPSA) is 35.5 Å². The monoisotopic (exact) mass is 236 g/mol. The van der Waals surface area contributed by atoms with Crippen LogP contribution in [-0.2, 0) is 9.53 Å². The van der Waals surface area contributed by atoms with Gasteiger partial charge in [-0.1, -0.05) is 25.1 Å². The molecule has 0 spiro atoms. The molecule has 0 radical (unpaired) electrons. The fraction of sp³-hybridized carbons (Fsp3) is 0.357. The van der Waals surface area contributed by atoms with Crippen molar-refractivity contribution in [3.05, 3.63) is 43.5 Å². The van der Waals surface area contributed by atoms with Crippen LogP contribution in [0.4, 0.5) is 0 Å². The molecule has 0 aliphatic heterocycles. The van der Waals surface area contributed by atoms with Gasteiger partial charge in [-0.05, 0) is 19.1 Å². The average Bonchev–Trinajstić information content (AvgIpc) is 2.39. The van der Waals surface area contributed by atoms with E-state index in [1.165, 1.54) is 0 Å². The van der Waals surface area contributed by atoms with Gasteiger partial charge in [0.05, 0.1) is 0 Å². The largest absolute Gasteiger partial charge is 0.487 e. The van der Waals surface area contributed by atoms with E-state index in [0.29, 0.717) is 13.0 Å². The summed E-state index contributed by atoms with van der Waals surface area (Å²) in [6, 6.07) is 9.48. The Morgan fingerprint density at radius 3 is 2.41 bits per heavy atom. The van der Waals surface area contributed by atoms with Crippen molar-refractivity contribution in [3.63, 3.8) is 0 Å². The minimum atomic E-state index is -0.196. The van der Waals surface area contributed by atoms with Crippen molar-refractivity contribution in [1.29, 1.82) is 0 Å². The number of carbonyl (C=O) groups is 1. The lowest BCUT2D eigenvalue weighted by molar-refractivity contribution is -0.145. The van der Waals surface area contributed by atoms with Crippen molar-refractivity contribution in [3.8, 4) is 5.75 Å². The molecule has 0 saturated carbocycles. The lowest BCUT2D eigenvalue weighted by Crippen LogP contribution is -2.21. The van der Waals surface area contributed by atoms with Crippen molar-refractivity contribution >= 4 is 5.97 Å². The third-order valence-electron chi connectivity index (χ3n) is 1.85. The van der Waals surface area contributed by atoms with E-state index in [2.05, 4.69) is 13.2 Å². The van der Waals surface area contributed by atoms with Crippen LogP contribution in [-0.4, -0.2) is 18.7 Å². The Kier molecular flexibility index (Phi) is 8.47. The number of rotatable bonds is 5. The van der Waals surface area contributed by atoms with Crippen molar-refractivity contribution < 1.29 is 14.3 Å². The van der Waals surface area contributed by atoms with Crippen LogP contribution in [0.15, 0.2) is 43.5 Å². The zero-order valence-electron chi connectivity index (χ0n) is 10.5. The number of hydrogen-bond donors (Lipinski definition) is 0. The minimum Gasteiger partial charge on any atom is -0.487 e. The first-order valence-corrected chi connectivity index (χ1v) is 5.59. The quantitative estimate of drug-likeness (QED) is 0.581. The van der Waals surface area contributed by atoms with E-state index in [9.17, 15) is 4.79 Å². The Hall–Kier alpha value is -1.77. The predicted molar refractivity (Wildman–Crippen MR) is 69.0 cm³/mol. The molecule has 0 amide bonds. The van der Waals surface area contributed by atoms with Crippen LogP contribution < -0.4 is 4.74 Å². The van der Waals surface area contributed by atoms with E-state index in [0.717, 1.165) is 5.75 Å². The zero-order valence-corrected chi connectivity index (χ0v) is 10.5. The number of hydrogen-bond acceptors (Lipinski definition) is 3. The van der Waals surface area contributed by atoms with Gasteiger partial charge in [0, 0.05) is 6.42 Å². The molecule has 94 valence electrons. The van der Waals surface area contributed by atoms with Gasteiger partial charge in [0.15, 0.2) is 0 Å². The molecule has 17 heavy (non-hydrogen) atoms. The molecule has 1 unspecified atom stereocenters. The fourth-order valence-corrected chi connectivity index (χ4v) is 1.08. The van der Waals surface area contributed by atoms with E-state index in [1.54, 1.807) is 6.92 Å². The Bertz CT molecular complexity index is 309. The molecule has 1 aromatic carbocycles. The molecular weight excluding hydrogens is 216 g/mol. The fourth-order valence-electron chi connectivity index (χ4n) is 1.08. The SMILES string of the molecule is C=C.CCC(=O)OCC(C)Oc1ccccc1. The third-order valence-corrected chi connectivity index (χ3v) is 1.85. The van der Waals surface area contributed by atoms with E-state index in [-0.39, 0.29) is 12.1 Å². The third kappa shape index (κ3) is 7.17. The smallest absolute Gasteiger partial charge is 0.305 e. The number of ether oxygens (including phenoxy) is 2. The van der Waals surface area contributed by atoms with Gasteiger partial charge in [-0.3, -0.25) is 4.79 Å². The molecule has 0 N–H and O–H groups in total. The highest BCUT2D eigenvalue weighted by Crippen LogP contribution is 2.10. The highest BCUT2D eigenvalue weighted by Gasteiger charge is 2.06. The maximum atomic E-state index is 10.9. The Morgan fingerprint density at radius 2 is 1.88 bits per heavy atom. The summed E-state index contributed by atoms with van der Waals surface area (Å²) in [6.07, 6.45) is 0.279. The average molecular weight is 236 g/mol. The summed E-state index contributed by atoms with van der Waals surface area (Å²) < 4.78 is 10.5. The van der Waals surface area contributed by atoms with E-state index < -0.39 is 0 Å². The van der Waals surface area contributed by atoms with E-state index in [4.69, 9.17) is 9.47 Å². The summed E-state index contributed by atoms with van der Waals surface area (Å²) in [7, 11) is 0. The Labute approximate surface area is 103 Å². The molecule has 0 fully saturated rings. The van der Waals surface area contributed by atoms with Crippen LogP contribution in [0.5, 0.6) is 5.75 Å². The van der Waals surface area contributed by atoms with Crippen LogP contribution in [0.25, 0.3) is 0 Å². The van der Waals surface area contributed by atoms with Gasteiger partial charge in [0.25, 0.3) is 0 Å². The number of esters is 1. The van der Waals surface area contributed by atoms with Gasteiger partial charge in [-0.25, -0.2) is 0 Å². The minimum absolute atomic E-state index is 0.122. The van der Waals surface area contributed by atoms with Gasteiger partial charge in [0.1, 0.15) is 18.5 Å². The molecule has 0 aliphatic rings. The van der Waals surface area contributed by atoms with Crippen molar-refractivity contribution in [2.24, 2.45) is 0 Å². The molecule has 1 atom stereocenters. The lowest BCUT2D eigenvalue weighted by Gasteiger charge is -2.14. The number of para-hydroxylation sites is 1. The zero-order chi connectivity index (χ0) is 13.1. The second-order valence-corrected chi connectivity index (χ2v) is 3.28. The highest BCUT2D eigenvalue weighted by atomic mass is 16.6. The molecule has 3 heteroatoms. The molecule has 0 heterocycles. The second-order valence-electron chi connectivity index (χ2n) is 3.28. The summed E-state index contributed by atoms with van der Waals surface area (Å²) in [5, 5.41) is 0. The predicted octanol–water partition coefficient (Wildman–Crippen LogP) is 3.21. The van der Waals surface area contributed by atoms with Crippen molar-refractivity contribution in [2.75, 3.05) is 6.61 Å². The molecule has 1 aromatic rings. The van der Waals surface area contributed by atoms with Crippen LogP contribution in [0.2, 0.25) is 0 Å². The lowest BCUT2D eigenvalue weighted by atomic mass is 10.3. The van der Waals surface area contributed by atoms with Crippen LogP contribution in [0.1, 0.15) is 20.3 Å². The van der Waals surface area contributed by atoms with Gasteiger partial charge < -0.3 is 9.47 Å². The maximum Gasteiger partial charge on any atom is 0.305 e. The van der Waals surface area contributed by atoms with Gasteiger partial charge in [-0.2, -0.15) is 0 Å². The summed E-state index contributed by atoms with van der Waals surface area (Å²) in [4.78, 5) is 10.9. The molecule has 3 nitrogen and oxygen atoms in total. The number of benzene rings is 1. The first-order valence-electron chi connectivity index (χ1n) is 5.59. The molecule has 0 bridgehead atoms. The van der Waals surface area contributed by atoms with Gasteiger partial charge in [-0.15, -0.1) is 13.2 Å². The maximum absolute atomic E-state index is 10.9. The molecule has 0 aliphatic carbocycles. The summed E-state index contributed by atoms with van der Waals surface area (Å²) in [6.45, 7) is 9.93. The highest BCUT2D eigenvalue weighted by molar-refractivity contribution is 5.68. The first kappa shape index (κ1) is 15.2. The number of carbonyl (C=O) groups excluding carboxylic acids is 1. The standard InChI is InChI=1S/C12H16O3.C2H4/c1-3-12(13)14-9-10(2)15-11-7-5-4-6-8-11;1-2/h4-8,10H,3,9H2,1-2H3;1-2H2. The van der Waals surface area contributed by atoms with E-state index in [1.807, 2.05) is 37.3 Å². The van der Waals surface area contributed by atoms with Crippen molar-refractivity contribution in [2.45, 2.75) is 26.4 Å². The van der Waals surface area contributed by atoms with E-state index >= 15 is 0 Å². The molecule has 0 saturated heterocycles. The molecule has 1 rings (SSSR count). The summed E-state index contributed by atoms with van der Waals surface area (Å²) in [5.41, 5.74) is 0.